The molecule has 0 atom stereocenters. The number of aryl methyl sites for hydroxylation is 2. The average molecular weight is 480 g/mol. The molecule has 1 N–H and O–H groups in total. The van der Waals surface area contributed by atoms with Crippen LogP contribution >= 0.6 is 0 Å². The predicted molar refractivity (Wildman–Crippen MR) is 132 cm³/mol. The van der Waals surface area contributed by atoms with E-state index < -0.39 is 5.97 Å². The maximum absolute atomic E-state index is 11.0. The van der Waals surface area contributed by atoms with Crippen molar-refractivity contribution >= 4 is 22.6 Å². The number of hydrogen-bond acceptors (Lipinski definition) is 6. The first-order valence-electron chi connectivity index (χ1n) is 11.9. The van der Waals surface area contributed by atoms with Crippen molar-refractivity contribution in [1.29, 1.82) is 0 Å². The molecule has 0 fully saturated rings. The van der Waals surface area contributed by atoms with Crippen molar-refractivity contribution in [2.24, 2.45) is 7.05 Å². The summed E-state index contributed by atoms with van der Waals surface area (Å²) in [4.78, 5) is 13.3. The molecule has 35 heavy (non-hydrogen) atoms. The van der Waals surface area contributed by atoms with Gasteiger partial charge in [-0.05, 0) is 37.0 Å². The van der Waals surface area contributed by atoms with Crippen LogP contribution in [0.4, 0.5) is 5.69 Å². The van der Waals surface area contributed by atoms with Gasteiger partial charge in [0.15, 0.2) is 11.5 Å². The molecule has 2 aromatic carbocycles. The Hall–Kier alpha value is -3.68. The number of hydrogen-bond donors (Lipinski definition) is 1. The van der Waals surface area contributed by atoms with E-state index in [1.54, 1.807) is 21.3 Å². The highest BCUT2D eigenvalue weighted by Crippen LogP contribution is 2.46. The van der Waals surface area contributed by atoms with Gasteiger partial charge in [0.2, 0.25) is 17.0 Å². The molecule has 0 radical (unpaired) electrons. The van der Waals surface area contributed by atoms with E-state index in [1.165, 1.54) is 5.56 Å². The molecule has 0 bridgehead atoms. The van der Waals surface area contributed by atoms with Crippen molar-refractivity contribution < 1.29 is 33.4 Å². The van der Waals surface area contributed by atoms with Crippen LogP contribution in [-0.4, -0.2) is 45.5 Å². The van der Waals surface area contributed by atoms with Gasteiger partial charge in [-0.3, -0.25) is 4.79 Å². The maximum Gasteiger partial charge on any atom is 0.303 e. The molecular weight excluding hydrogens is 448 g/mol. The third-order valence-electron chi connectivity index (χ3n) is 7.02. The average Bonchev–Trinajstić information content (AvgIpc) is 2.86. The summed E-state index contributed by atoms with van der Waals surface area (Å²) in [7, 11) is 6.92. The quantitative estimate of drug-likeness (QED) is 0.515. The molecule has 184 valence electrons. The fourth-order valence-corrected chi connectivity index (χ4v) is 5.43. The number of nitrogens with zero attached hydrogens (tertiary/aromatic N) is 2. The summed E-state index contributed by atoms with van der Waals surface area (Å²) in [6, 6.07) is 8.48. The van der Waals surface area contributed by atoms with Crippen LogP contribution in [0.2, 0.25) is 0 Å². The largest absolute Gasteiger partial charge is 0.492 e. The van der Waals surface area contributed by atoms with Crippen LogP contribution in [0.5, 0.6) is 23.0 Å². The SMILES string of the molecule is COc1cc2c(cc3c([n+]2C)-c2cc4c(cc2OC3)N(CCCC(=O)O)CCC4)c(OC)c1OC. The van der Waals surface area contributed by atoms with Crippen LogP contribution in [-0.2, 0) is 24.9 Å². The molecule has 0 saturated carbocycles. The van der Waals surface area contributed by atoms with E-state index in [1.807, 2.05) is 6.07 Å². The van der Waals surface area contributed by atoms with Gasteiger partial charge in [-0.25, -0.2) is 0 Å². The van der Waals surface area contributed by atoms with Gasteiger partial charge in [0.25, 0.3) is 0 Å². The van der Waals surface area contributed by atoms with E-state index in [-0.39, 0.29) is 6.42 Å². The monoisotopic (exact) mass is 479 g/mol. The van der Waals surface area contributed by atoms with Gasteiger partial charge in [0, 0.05) is 31.3 Å². The number of anilines is 1. The Balaban J connectivity index is 1.63. The first kappa shape index (κ1) is 23.1. The van der Waals surface area contributed by atoms with Crippen LogP contribution in [0, 0.1) is 0 Å². The first-order valence-corrected chi connectivity index (χ1v) is 11.9. The fraction of sp³-hybridized carbons (Fsp3) is 0.407. The van der Waals surface area contributed by atoms with E-state index in [4.69, 9.17) is 24.1 Å². The lowest BCUT2D eigenvalue weighted by Gasteiger charge is -2.33. The highest BCUT2D eigenvalue weighted by Gasteiger charge is 2.32. The number of carboxylic acid groups (broad SMARTS) is 1. The van der Waals surface area contributed by atoms with Crippen molar-refractivity contribution in [1.82, 2.24) is 0 Å². The normalized spacial score (nSPS) is 14.0. The molecule has 5 rings (SSSR count). The molecular formula is C27H31N2O6+. The van der Waals surface area contributed by atoms with Crippen molar-refractivity contribution in [3.63, 3.8) is 0 Å². The van der Waals surface area contributed by atoms with Crippen LogP contribution in [0.15, 0.2) is 24.3 Å². The molecule has 8 heteroatoms. The second kappa shape index (κ2) is 9.17. The predicted octanol–water partition coefficient (Wildman–Crippen LogP) is 3.87. The molecule has 2 aliphatic heterocycles. The lowest BCUT2D eigenvalue weighted by atomic mass is 9.93. The lowest BCUT2D eigenvalue weighted by Crippen LogP contribution is -2.36. The number of aromatic nitrogens is 1. The Kier molecular flexibility index (Phi) is 6.05. The molecule has 0 unspecified atom stereocenters. The molecule has 2 aliphatic rings. The van der Waals surface area contributed by atoms with E-state index in [0.29, 0.717) is 30.3 Å². The Bertz CT molecular complexity index is 1320. The minimum Gasteiger partial charge on any atom is -0.492 e. The summed E-state index contributed by atoms with van der Waals surface area (Å²) in [5.74, 6) is 1.91. The number of aliphatic carboxylic acids is 1. The van der Waals surface area contributed by atoms with Crippen molar-refractivity contribution in [2.45, 2.75) is 32.3 Å². The Morgan fingerprint density at radius 3 is 2.60 bits per heavy atom. The number of carbonyl (C=O) groups is 1. The van der Waals surface area contributed by atoms with Crippen LogP contribution < -0.4 is 28.4 Å². The molecule has 3 heterocycles. The number of ether oxygens (including phenoxy) is 4. The third-order valence-corrected chi connectivity index (χ3v) is 7.02. The van der Waals surface area contributed by atoms with E-state index in [9.17, 15) is 4.79 Å². The first-order chi connectivity index (χ1) is 17.0. The Morgan fingerprint density at radius 1 is 1.09 bits per heavy atom. The molecule has 0 amide bonds. The molecule has 0 saturated heterocycles. The molecule has 0 spiro atoms. The van der Waals surface area contributed by atoms with Gasteiger partial charge < -0.3 is 29.0 Å². The summed E-state index contributed by atoms with van der Waals surface area (Å²) < 4.78 is 25.4. The number of fused-ring (bicyclic) bond motifs is 5. The van der Waals surface area contributed by atoms with Crippen LogP contribution in [0.1, 0.15) is 30.4 Å². The van der Waals surface area contributed by atoms with Gasteiger partial charge in [0.05, 0.1) is 43.9 Å². The smallest absolute Gasteiger partial charge is 0.303 e. The van der Waals surface area contributed by atoms with Crippen molar-refractivity contribution in [3.8, 4) is 34.3 Å². The zero-order valence-corrected chi connectivity index (χ0v) is 20.6. The zero-order chi connectivity index (χ0) is 24.7. The van der Waals surface area contributed by atoms with Gasteiger partial charge in [-0.1, -0.05) is 0 Å². The van der Waals surface area contributed by atoms with Crippen LogP contribution in [0.25, 0.3) is 22.2 Å². The van der Waals surface area contributed by atoms with E-state index in [0.717, 1.165) is 65.1 Å². The molecule has 0 aliphatic carbocycles. The van der Waals surface area contributed by atoms with Crippen molar-refractivity contribution in [2.75, 3.05) is 39.3 Å². The highest BCUT2D eigenvalue weighted by molar-refractivity contribution is 5.91. The standard InChI is InChI=1S/C27H30N2O6/c1-28-21-14-23(32-2)27(34-4)26(33-3)18(21)12-17-15-35-22-13-20-16(11-19(22)25(17)28)7-5-9-29(20)10-6-8-24(30)31/h11-14H,5-10,15H2,1-4H3/p+1. The summed E-state index contributed by atoms with van der Waals surface area (Å²) >= 11 is 0. The zero-order valence-electron chi connectivity index (χ0n) is 20.6. The number of rotatable bonds is 7. The van der Waals surface area contributed by atoms with Crippen LogP contribution in [0.3, 0.4) is 0 Å². The maximum atomic E-state index is 11.0. The second-order valence-corrected chi connectivity index (χ2v) is 9.01. The Morgan fingerprint density at radius 2 is 1.89 bits per heavy atom. The second-order valence-electron chi connectivity index (χ2n) is 9.01. The summed E-state index contributed by atoms with van der Waals surface area (Å²) in [6.07, 6.45) is 2.85. The summed E-state index contributed by atoms with van der Waals surface area (Å²) in [5.41, 5.74) is 6.65. The van der Waals surface area contributed by atoms with Crippen molar-refractivity contribution in [3.05, 3.63) is 35.4 Å². The topological polar surface area (TPSA) is 81.3 Å². The fourth-order valence-electron chi connectivity index (χ4n) is 5.43. The van der Waals surface area contributed by atoms with Gasteiger partial charge in [-0.2, -0.15) is 4.57 Å². The number of pyridine rings is 1. The van der Waals surface area contributed by atoms with Gasteiger partial charge >= 0.3 is 5.97 Å². The minimum atomic E-state index is -0.752. The summed E-state index contributed by atoms with van der Waals surface area (Å²) in [6.45, 7) is 2.11. The molecule has 1 aromatic heterocycles. The highest BCUT2D eigenvalue weighted by atomic mass is 16.5. The lowest BCUT2D eigenvalue weighted by molar-refractivity contribution is -0.634. The third kappa shape index (κ3) is 3.87. The minimum absolute atomic E-state index is 0.182. The van der Waals surface area contributed by atoms with E-state index in [2.05, 4.69) is 34.7 Å². The molecule has 8 nitrogen and oxygen atoms in total. The van der Waals surface area contributed by atoms with E-state index >= 15 is 0 Å². The number of benzene rings is 2. The summed E-state index contributed by atoms with van der Waals surface area (Å²) in [5, 5.41) is 9.95. The van der Waals surface area contributed by atoms with Gasteiger partial charge in [-0.15, -0.1) is 0 Å². The number of methoxy groups -OCH3 is 3. The molecule has 3 aromatic rings. The Labute approximate surface area is 204 Å². The van der Waals surface area contributed by atoms with Gasteiger partial charge in [0.1, 0.15) is 19.4 Å². The number of carboxylic acids is 1.